The summed E-state index contributed by atoms with van der Waals surface area (Å²) in [5, 5.41) is 0.844. The Hall–Kier alpha value is -0.100. The van der Waals surface area contributed by atoms with Gasteiger partial charge in [0.15, 0.2) is 0 Å². The molecule has 0 aliphatic heterocycles. The lowest BCUT2D eigenvalue weighted by Gasteiger charge is -2.08. The van der Waals surface area contributed by atoms with Gasteiger partial charge in [0.25, 0.3) is 0 Å². The molecule has 0 unspecified atom stereocenters. The van der Waals surface area contributed by atoms with Crippen molar-refractivity contribution in [2.24, 2.45) is 0 Å². The number of rotatable bonds is 3. The van der Waals surface area contributed by atoms with E-state index in [4.69, 9.17) is 4.74 Å². The summed E-state index contributed by atoms with van der Waals surface area (Å²) in [7, 11) is 1.40. The van der Waals surface area contributed by atoms with Gasteiger partial charge in [-0.2, -0.15) is 0 Å². The first kappa shape index (κ1) is 12.0. The highest BCUT2D eigenvalue weighted by atomic mass is 127. The normalized spacial score (nSPS) is 9.93. The van der Waals surface area contributed by atoms with Crippen molar-refractivity contribution in [2.45, 2.75) is 6.42 Å². The Morgan fingerprint density at radius 2 is 2.29 bits per heavy atom. The molecule has 0 atom stereocenters. The van der Waals surface area contributed by atoms with Gasteiger partial charge in [-0.25, -0.2) is 4.79 Å². The molecule has 0 radical (unpaired) electrons. The summed E-state index contributed by atoms with van der Waals surface area (Å²) in [6.07, 6.45) is 0.837. The van der Waals surface area contributed by atoms with Gasteiger partial charge in [-0.1, -0.05) is 22.0 Å². The molecule has 0 aliphatic carbocycles. The topological polar surface area (TPSA) is 26.3 Å². The van der Waals surface area contributed by atoms with E-state index in [-0.39, 0.29) is 5.97 Å². The lowest BCUT2D eigenvalue weighted by molar-refractivity contribution is 0.0599. The predicted molar refractivity (Wildman–Crippen MR) is 68.0 cm³/mol. The number of alkyl halides is 1. The fourth-order valence-electron chi connectivity index (χ4n) is 1.21. The molecule has 1 aromatic carbocycles. The van der Waals surface area contributed by atoms with Crippen molar-refractivity contribution in [2.75, 3.05) is 12.4 Å². The van der Waals surface area contributed by atoms with Crippen LogP contribution in [0.3, 0.4) is 0 Å². The van der Waals surface area contributed by atoms with E-state index in [1.807, 2.05) is 12.1 Å². The molecule has 1 rings (SSSR count). The molecular weight excluding hydrogens is 359 g/mol. The fraction of sp³-hybridized carbons (Fsp3) is 0.300. The third-order valence-corrected chi connectivity index (χ3v) is 3.28. The average Bonchev–Trinajstić information content (AvgIpc) is 2.20. The number of carbonyl (C=O) groups excluding carboxylic acids is 1. The van der Waals surface area contributed by atoms with Crippen molar-refractivity contribution < 1.29 is 9.53 Å². The summed E-state index contributed by atoms with van der Waals surface area (Å²) >= 11 is 5.60. The second-order valence-corrected chi connectivity index (χ2v) is 4.65. The maximum absolute atomic E-state index is 11.4. The lowest BCUT2D eigenvalue weighted by Crippen LogP contribution is -2.07. The molecule has 0 amide bonds. The maximum atomic E-state index is 11.4. The highest BCUT2D eigenvalue weighted by Gasteiger charge is 2.12. The third-order valence-electron chi connectivity index (χ3n) is 1.87. The maximum Gasteiger partial charge on any atom is 0.338 e. The standard InChI is InChI=1S/C10H10BrIO2/c1-14-10(13)8-3-2-4-9(12)7(8)5-6-11/h2-4H,5-6H2,1H3. The van der Waals surface area contributed by atoms with E-state index >= 15 is 0 Å². The van der Waals surface area contributed by atoms with Gasteiger partial charge in [0.2, 0.25) is 0 Å². The highest BCUT2D eigenvalue weighted by Crippen LogP contribution is 2.19. The van der Waals surface area contributed by atoms with Crippen LogP contribution >= 0.6 is 38.5 Å². The van der Waals surface area contributed by atoms with Crippen LogP contribution in [0.5, 0.6) is 0 Å². The van der Waals surface area contributed by atoms with Gasteiger partial charge in [0, 0.05) is 8.90 Å². The summed E-state index contributed by atoms with van der Waals surface area (Å²) in [4.78, 5) is 11.4. The number of hydrogen-bond donors (Lipinski definition) is 0. The Bertz CT molecular complexity index is 339. The summed E-state index contributed by atoms with van der Waals surface area (Å²) in [5.74, 6) is -0.264. The number of benzene rings is 1. The summed E-state index contributed by atoms with van der Waals surface area (Å²) in [6.45, 7) is 0. The first-order valence-corrected chi connectivity index (χ1v) is 6.32. The van der Waals surface area contributed by atoms with Gasteiger partial charge in [-0.15, -0.1) is 0 Å². The number of halogens is 2. The van der Waals surface area contributed by atoms with Crippen LogP contribution in [-0.4, -0.2) is 18.4 Å². The molecule has 1 aromatic rings. The first-order chi connectivity index (χ1) is 6.70. The SMILES string of the molecule is COC(=O)c1cccc(I)c1CCBr. The largest absolute Gasteiger partial charge is 0.465 e. The summed E-state index contributed by atoms with van der Waals surface area (Å²) in [5.41, 5.74) is 1.72. The van der Waals surface area contributed by atoms with Gasteiger partial charge in [-0.05, 0) is 46.7 Å². The van der Waals surface area contributed by atoms with Crippen LogP contribution in [0, 0.1) is 3.57 Å². The predicted octanol–water partition coefficient (Wildman–Crippen LogP) is 3.02. The summed E-state index contributed by atoms with van der Waals surface area (Å²) in [6, 6.07) is 5.66. The van der Waals surface area contributed by atoms with Gasteiger partial charge < -0.3 is 4.74 Å². The van der Waals surface area contributed by atoms with E-state index < -0.39 is 0 Å². The average molecular weight is 369 g/mol. The monoisotopic (exact) mass is 368 g/mol. The van der Waals surface area contributed by atoms with E-state index in [9.17, 15) is 4.79 Å². The number of ether oxygens (including phenoxy) is 1. The van der Waals surface area contributed by atoms with Crippen molar-refractivity contribution in [1.82, 2.24) is 0 Å². The van der Waals surface area contributed by atoms with E-state index in [1.54, 1.807) is 6.07 Å². The molecule has 0 aromatic heterocycles. The van der Waals surface area contributed by atoms with Crippen LogP contribution in [0.15, 0.2) is 18.2 Å². The van der Waals surface area contributed by atoms with E-state index in [1.165, 1.54) is 7.11 Å². The van der Waals surface area contributed by atoms with Crippen LogP contribution in [0.25, 0.3) is 0 Å². The lowest BCUT2D eigenvalue weighted by atomic mass is 10.1. The van der Waals surface area contributed by atoms with Crippen molar-refractivity contribution in [3.05, 3.63) is 32.9 Å². The van der Waals surface area contributed by atoms with E-state index in [2.05, 4.69) is 38.5 Å². The second-order valence-electron chi connectivity index (χ2n) is 2.70. The minimum Gasteiger partial charge on any atom is -0.465 e. The van der Waals surface area contributed by atoms with Crippen molar-refractivity contribution in [1.29, 1.82) is 0 Å². The fourth-order valence-corrected chi connectivity index (χ4v) is 2.37. The number of esters is 1. The van der Waals surface area contributed by atoms with Crippen LogP contribution in [0.1, 0.15) is 15.9 Å². The number of carbonyl (C=O) groups is 1. The Kier molecular flexibility index (Phi) is 4.88. The van der Waals surface area contributed by atoms with E-state index in [0.717, 1.165) is 20.9 Å². The molecule has 0 N–H and O–H groups in total. The Morgan fingerprint density at radius 1 is 1.57 bits per heavy atom. The molecule has 0 saturated carbocycles. The Morgan fingerprint density at radius 3 is 2.86 bits per heavy atom. The van der Waals surface area contributed by atoms with Crippen molar-refractivity contribution >= 4 is 44.5 Å². The van der Waals surface area contributed by atoms with Crippen molar-refractivity contribution in [3.63, 3.8) is 0 Å². The molecule has 2 nitrogen and oxygen atoms in total. The highest BCUT2D eigenvalue weighted by molar-refractivity contribution is 14.1. The van der Waals surface area contributed by atoms with Crippen LogP contribution < -0.4 is 0 Å². The molecule has 0 spiro atoms. The zero-order valence-corrected chi connectivity index (χ0v) is 11.5. The van der Waals surface area contributed by atoms with Gasteiger partial charge in [0.05, 0.1) is 12.7 Å². The smallest absolute Gasteiger partial charge is 0.338 e. The number of hydrogen-bond acceptors (Lipinski definition) is 2. The Labute approximate surface area is 105 Å². The summed E-state index contributed by atoms with van der Waals surface area (Å²) < 4.78 is 5.82. The third kappa shape index (κ3) is 2.70. The second kappa shape index (κ2) is 5.70. The van der Waals surface area contributed by atoms with Crippen LogP contribution in [0.4, 0.5) is 0 Å². The molecular formula is C10H10BrIO2. The van der Waals surface area contributed by atoms with E-state index in [0.29, 0.717) is 5.56 Å². The first-order valence-electron chi connectivity index (χ1n) is 4.12. The zero-order valence-electron chi connectivity index (χ0n) is 7.72. The quantitative estimate of drug-likeness (QED) is 0.465. The van der Waals surface area contributed by atoms with Crippen molar-refractivity contribution in [3.8, 4) is 0 Å². The van der Waals surface area contributed by atoms with Crippen LogP contribution in [0.2, 0.25) is 0 Å². The zero-order chi connectivity index (χ0) is 10.6. The molecule has 14 heavy (non-hydrogen) atoms. The molecule has 0 aliphatic rings. The number of methoxy groups -OCH3 is 1. The minimum absolute atomic E-state index is 0.264. The van der Waals surface area contributed by atoms with Gasteiger partial charge in [0.1, 0.15) is 0 Å². The molecule has 0 fully saturated rings. The Balaban J connectivity index is 3.13. The molecule has 0 bridgehead atoms. The van der Waals surface area contributed by atoms with Gasteiger partial charge in [-0.3, -0.25) is 0 Å². The molecule has 4 heteroatoms. The minimum atomic E-state index is -0.264. The molecule has 0 saturated heterocycles. The molecule has 0 heterocycles. The van der Waals surface area contributed by atoms with Gasteiger partial charge >= 0.3 is 5.97 Å². The molecule has 76 valence electrons. The van der Waals surface area contributed by atoms with Crippen LogP contribution in [-0.2, 0) is 11.2 Å².